The molecule has 5 rings (SSSR count). The van der Waals surface area contributed by atoms with Gasteiger partial charge in [0.2, 0.25) is 0 Å². The SMILES string of the molecule is O=C(O)[C@@H](Cc1c[nH]c2ccccc12)Nc1ncnc2scc(-c3ccccc3)c12. The molecular weight excluding hydrogens is 396 g/mol. The minimum Gasteiger partial charge on any atom is -0.480 e. The normalized spacial score (nSPS) is 12.3. The molecule has 3 N–H and O–H groups in total. The smallest absolute Gasteiger partial charge is 0.326 e. The van der Waals surface area contributed by atoms with E-state index in [0.29, 0.717) is 12.2 Å². The van der Waals surface area contributed by atoms with Crippen molar-refractivity contribution in [3.8, 4) is 11.1 Å². The van der Waals surface area contributed by atoms with Gasteiger partial charge in [-0.05, 0) is 17.2 Å². The van der Waals surface area contributed by atoms with Crippen molar-refractivity contribution in [1.82, 2.24) is 15.0 Å². The second-order valence-corrected chi connectivity index (χ2v) is 7.87. The zero-order valence-corrected chi connectivity index (χ0v) is 16.7. The van der Waals surface area contributed by atoms with Crippen LogP contribution in [-0.4, -0.2) is 32.1 Å². The van der Waals surface area contributed by atoms with Gasteiger partial charge in [0, 0.05) is 34.5 Å². The highest BCUT2D eigenvalue weighted by Gasteiger charge is 2.22. The van der Waals surface area contributed by atoms with Crippen molar-refractivity contribution in [1.29, 1.82) is 0 Å². The first-order valence-corrected chi connectivity index (χ1v) is 10.4. The summed E-state index contributed by atoms with van der Waals surface area (Å²) in [6.07, 6.45) is 3.67. The maximum Gasteiger partial charge on any atom is 0.326 e. The first-order chi connectivity index (χ1) is 14.7. The number of carboxylic acid groups (broad SMARTS) is 1. The van der Waals surface area contributed by atoms with Gasteiger partial charge in [-0.25, -0.2) is 14.8 Å². The Bertz CT molecular complexity index is 1340. The molecule has 0 fully saturated rings. The molecule has 2 aromatic carbocycles. The lowest BCUT2D eigenvalue weighted by molar-refractivity contribution is -0.137. The van der Waals surface area contributed by atoms with Crippen LogP contribution in [0, 0.1) is 0 Å². The lowest BCUT2D eigenvalue weighted by atomic mass is 10.0. The summed E-state index contributed by atoms with van der Waals surface area (Å²) in [5.41, 5.74) is 3.98. The number of thiophene rings is 1. The summed E-state index contributed by atoms with van der Waals surface area (Å²) in [6.45, 7) is 0. The molecule has 0 amide bonds. The van der Waals surface area contributed by atoms with Gasteiger partial charge in [0.15, 0.2) is 0 Å². The lowest BCUT2D eigenvalue weighted by Crippen LogP contribution is -2.32. The number of hydrogen-bond donors (Lipinski definition) is 3. The van der Waals surface area contributed by atoms with E-state index < -0.39 is 12.0 Å². The van der Waals surface area contributed by atoms with E-state index in [9.17, 15) is 9.90 Å². The molecule has 30 heavy (non-hydrogen) atoms. The predicted octanol–water partition coefficient (Wildman–Crippen LogP) is 4.95. The molecule has 3 heterocycles. The van der Waals surface area contributed by atoms with Crippen LogP contribution in [0.1, 0.15) is 5.56 Å². The third-order valence-electron chi connectivity index (χ3n) is 5.16. The summed E-state index contributed by atoms with van der Waals surface area (Å²) >= 11 is 1.52. The summed E-state index contributed by atoms with van der Waals surface area (Å²) in [7, 11) is 0. The van der Waals surface area contributed by atoms with E-state index in [1.165, 1.54) is 17.7 Å². The molecular formula is C23H18N4O2S. The van der Waals surface area contributed by atoms with Crippen LogP contribution in [0.3, 0.4) is 0 Å². The molecule has 0 aliphatic carbocycles. The molecule has 7 heteroatoms. The number of aliphatic carboxylic acids is 1. The molecule has 0 saturated heterocycles. The Kier molecular flexibility index (Phi) is 4.65. The second kappa shape index (κ2) is 7.61. The molecule has 0 saturated carbocycles. The number of fused-ring (bicyclic) bond motifs is 2. The number of nitrogens with zero attached hydrogens (tertiary/aromatic N) is 2. The largest absolute Gasteiger partial charge is 0.480 e. The van der Waals surface area contributed by atoms with Crippen LogP contribution in [0.15, 0.2) is 72.5 Å². The molecule has 0 radical (unpaired) electrons. The quantitative estimate of drug-likeness (QED) is 0.366. The number of benzene rings is 2. The summed E-state index contributed by atoms with van der Waals surface area (Å²) in [4.78, 5) is 24.9. The Morgan fingerprint density at radius 1 is 1.10 bits per heavy atom. The van der Waals surface area contributed by atoms with Crippen molar-refractivity contribution >= 4 is 44.2 Å². The molecule has 3 aromatic heterocycles. The maximum atomic E-state index is 12.1. The number of anilines is 1. The van der Waals surface area contributed by atoms with Crippen molar-refractivity contribution in [2.24, 2.45) is 0 Å². The summed E-state index contributed by atoms with van der Waals surface area (Å²) in [5, 5.41) is 17.0. The molecule has 1 atom stereocenters. The van der Waals surface area contributed by atoms with Gasteiger partial charge in [0.05, 0.1) is 5.39 Å². The van der Waals surface area contributed by atoms with Gasteiger partial charge in [-0.3, -0.25) is 0 Å². The lowest BCUT2D eigenvalue weighted by Gasteiger charge is -2.16. The van der Waals surface area contributed by atoms with Crippen LogP contribution in [0.25, 0.3) is 32.2 Å². The first kappa shape index (κ1) is 18.3. The zero-order chi connectivity index (χ0) is 20.5. The Morgan fingerprint density at radius 2 is 1.90 bits per heavy atom. The second-order valence-electron chi connectivity index (χ2n) is 7.02. The topological polar surface area (TPSA) is 90.9 Å². The predicted molar refractivity (Wildman–Crippen MR) is 120 cm³/mol. The van der Waals surface area contributed by atoms with Gasteiger partial charge in [-0.15, -0.1) is 11.3 Å². The van der Waals surface area contributed by atoms with E-state index in [4.69, 9.17) is 0 Å². The number of aromatic amines is 1. The van der Waals surface area contributed by atoms with Gasteiger partial charge in [0.1, 0.15) is 23.0 Å². The van der Waals surface area contributed by atoms with E-state index in [0.717, 1.165) is 37.8 Å². The van der Waals surface area contributed by atoms with Crippen LogP contribution in [0.5, 0.6) is 0 Å². The third-order valence-corrected chi connectivity index (χ3v) is 6.05. The average molecular weight is 414 g/mol. The highest BCUT2D eigenvalue weighted by Crippen LogP contribution is 2.36. The first-order valence-electron chi connectivity index (χ1n) is 9.52. The Balaban J connectivity index is 1.53. The molecule has 0 aliphatic rings. The van der Waals surface area contributed by atoms with Crippen LogP contribution in [0.2, 0.25) is 0 Å². The van der Waals surface area contributed by atoms with Gasteiger partial charge in [-0.2, -0.15) is 0 Å². The van der Waals surface area contributed by atoms with Crippen molar-refractivity contribution in [2.45, 2.75) is 12.5 Å². The van der Waals surface area contributed by atoms with Crippen molar-refractivity contribution in [3.05, 3.63) is 78.1 Å². The van der Waals surface area contributed by atoms with Crippen molar-refractivity contribution < 1.29 is 9.90 Å². The van der Waals surface area contributed by atoms with E-state index in [1.54, 1.807) is 0 Å². The zero-order valence-electron chi connectivity index (χ0n) is 15.9. The van der Waals surface area contributed by atoms with Crippen molar-refractivity contribution in [3.63, 3.8) is 0 Å². The summed E-state index contributed by atoms with van der Waals surface area (Å²) in [5.74, 6) is -0.393. The summed E-state index contributed by atoms with van der Waals surface area (Å²) in [6, 6.07) is 17.0. The van der Waals surface area contributed by atoms with Crippen LogP contribution in [-0.2, 0) is 11.2 Å². The molecule has 0 bridgehead atoms. The minimum atomic E-state index is -0.927. The third kappa shape index (κ3) is 3.29. The Labute approximate surface area is 176 Å². The van der Waals surface area contributed by atoms with Crippen LogP contribution in [0.4, 0.5) is 5.82 Å². The molecule has 0 aliphatic heterocycles. The average Bonchev–Trinajstić information content (AvgIpc) is 3.39. The summed E-state index contributed by atoms with van der Waals surface area (Å²) < 4.78 is 0. The van der Waals surface area contributed by atoms with Gasteiger partial charge >= 0.3 is 5.97 Å². The van der Waals surface area contributed by atoms with Crippen LogP contribution < -0.4 is 5.32 Å². The maximum absolute atomic E-state index is 12.1. The standard InChI is InChI=1S/C23H18N4O2S/c28-23(29)19(10-15-11-24-18-9-5-4-8-16(15)18)27-21-20-17(14-6-2-1-3-7-14)12-30-22(20)26-13-25-21/h1-9,11-13,19,24H,10H2,(H,28,29)(H,25,26,27)/t19-/m1/s1. The fourth-order valence-corrected chi connectivity index (χ4v) is 4.62. The number of carbonyl (C=O) groups is 1. The van der Waals surface area contributed by atoms with Crippen LogP contribution >= 0.6 is 11.3 Å². The number of carboxylic acids is 1. The number of H-pyrrole nitrogens is 1. The van der Waals surface area contributed by atoms with Crippen molar-refractivity contribution in [2.75, 3.05) is 5.32 Å². The number of rotatable bonds is 6. The monoisotopic (exact) mass is 414 g/mol. The Hall–Kier alpha value is -3.71. The van der Waals surface area contributed by atoms with Gasteiger partial charge in [-0.1, -0.05) is 48.5 Å². The fourth-order valence-electron chi connectivity index (χ4n) is 3.70. The van der Waals surface area contributed by atoms with E-state index >= 15 is 0 Å². The Morgan fingerprint density at radius 3 is 2.73 bits per heavy atom. The highest BCUT2D eigenvalue weighted by atomic mass is 32.1. The van der Waals surface area contributed by atoms with Gasteiger partial charge < -0.3 is 15.4 Å². The highest BCUT2D eigenvalue weighted by molar-refractivity contribution is 7.17. The number of nitrogens with one attached hydrogen (secondary N) is 2. The number of aromatic nitrogens is 3. The molecule has 6 nitrogen and oxygen atoms in total. The molecule has 0 spiro atoms. The molecule has 148 valence electrons. The van der Waals surface area contributed by atoms with E-state index in [2.05, 4.69) is 20.3 Å². The van der Waals surface area contributed by atoms with Gasteiger partial charge in [0.25, 0.3) is 0 Å². The van der Waals surface area contributed by atoms with E-state index in [1.807, 2.05) is 66.2 Å². The number of para-hydroxylation sites is 1. The fraction of sp³-hybridized carbons (Fsp3) is 0.0870. The molecule has 5 aromatic rings. The molecule has 0 unspecified atom stereocenters. The number of hydrogen-bond acceptors (Lipinski definition) is 5. The minimum absolute atomic E-state index is 0.329. The van der Waals surface area contributed by atoms with E-state index in [-0.39, 0.29) is 0 Å².